The molecule has 0 saturated carbocycles. The highest BCUT2D eigenvalue weighted by atomic mass is 19.4. The molecule has 0 fully saturated rings. The monoisotopic (exact) mass is 422 g/mol. The van der Waals surface area contributed by atoms with E-state index in [1.165, 1.54) is 11.8 Å². The minimum Gasteiger partial charge on any atom is -0.354 e. The number of hydrogen-bond acceptors (Lipinski definition) is 3. The van der Waals surface area contributed by atoms with Crippen molar-refractivity contribution in [3.8, 4) is 0 Å². The molecule has 0 spiro atoms. The van der Waals surface area contributed by atoms with E-state index >= 15 is 0 Å². The van der Waals surface area contributed by atoms with Gasteiger partial charge in [-0.15, -0.1) is 5.10 Å². The summed E-state index contributed by atoms with van der Waals surface area (Å²) in [6.07, 6.45) is -4.94. The van der Waals surface area contributed by atoms with Gasteiger partial charge in [-0.2, -0.15) is 13.2 Å². The van der Waals surface area contributed by atoms with Crippen molar-refractivity contribution < 1.29 is 36.9 Å². The average Bonchev–Trinajstić information content (AvgIpc) is 3.05. The zero-order chi connectivity index (χ0) is 21.5. The molecule has 0 bridgehead atoms. The number of quaternary nitrogens is 1. The van der Waals surface area contributed by atoms with Crippen molar-refractivity contribution in [1.82, 2.24) is 19.7 Å². The summed E-state index contributed by atoms with van der Waals surface area (Å²) in [6, 6.07) is -0.249. The van der Waals surface area contributed by atoms with Crippen LogP contribution in [0.2, 0.25) is 0 Å². The Bertz CT molecular complexity index is 928. The van der Waals surface area contributed by atoms with Crippen LogP contribution in [0.3, 0.4) is 0 Å². The average molecular weight is 422 g/mol. The fraction of sp³-hybridized carbons (Fsp3) is 0.471. The van der Waals surface area contributed by atoms with E-state index in [1.54, 1.807) is 0 Å². The molecule has 0 saturated heterocycles. The number of amides is 1. The number of rotatable bonds is 4. The largest absolute Gasteiger partial charge is 0.453 e. The lowest BCUT2D eigenvalue weighted by Gasteiger charge is -2.33. The summed E-state index contributed by atoms with van der Waals surface area (Å²) in [6.45, 7) is 1.71. The van der Waals surface area contributed by atoms with Crippen molar-refractivity contribution in [3.63, 3.8) is 0 Å². The minimum atomic E-state index is -4.69. The first-order valence-electron chi connectivity index (χ1n) is 8.75. The molecule has 1 aromatic carbocycles. The normalized spacial score (nSPS) is 17.9. The Morgan fingerprint density at radius 1 is 1.21 bits per heavy atom. The van der Waals surface area contributed by atoms with Crippen LogP contribution in [-0.4, -0.2) is 38.2 Å². The quantitative estimate of drug-likeness (QED) is 0.604. The van der Waals surface area contributed by atoms with Gasteiger partial charge in [0.25, 0.3) is 5.82 Å². The Morgan fingerprint density at radius 2 is 1.86 bits per heavy atom. The van der Waals surface area contributed by atoms with E-state index in [9.17, 15) is 31.1 Å². The molecule has 0 unspecified atom stereocenters. The maximum Gasteiger partial charge on any atom is 0.453 e. The molecule has 3 rings (SSSR count). The number of fused-ring (bicyclic) bond motifs is 1. The number of hydrogen-bond donors (Lipinski definition) is 1. The number of alkyl halides is 3. The van der Waals surface area contributed by atoms with Crippen LogP contribution in [0, 0.1) is 17.5 Å². The second kappa shape index (κ2) is 7.65. The number of nitrogens with zero attached hydrogens (tertiary/aromatic N) is 4. The molecule has 1 aliphatic heterocycles. The molecule has 12 heteroatoms. The van der Waals surface area contributed by atoms with Gasteiger partial charge in [-0.3, -0.25) is 4.79 Å². The highest BCUT2D eigenvalue weighted by molar-refractivity contribution is 5.77. The topological polar surface area (TPSA) is 78.7 Å². The maximum absolute atomic E-state index is 13.8. The third-order valence-electron chi connectivity index (χ3n) is 4.73. The van der Waals surface area contributed by atoms with Gasteiger partial charge in [-0.1, -0.05) is 0 Å². The SMILES string of the molecule is C[C@@H]1c2nc(C(F)(F)F)nn2CCN1C(=O)C[C@H]([NH3+])Cc1cc(F)c(F)cc1F. The Morgan fingerprint density at radius 3 is 2.52 bits per heavy atom. The Balaban J connectivity index is 1.68. The molecule has 2 aromatic rings. The summed E-state index contributed by atoms with van der Waals surface area (Å²) in [5, 5.41) is 3.43. The molecule has 1 aromatic heterocycles. The summed E-state index contributed by atoms with van der Waals surface area (Å²) in [7, 11) is 0. The Hall–Kier alpha value is -2.63. The molecule has 6 nitrogen and oxygen atoms in total. The van der Waals surface area contributed by atoms with Gasteiger partial charge in [0, 0.05) is 19.0 Å². The predicted molar refractivity (Wildman–Crippen MR) is 86.5 cm³/mol. The summed E-state index contributed by atoms with van der Waals surface area (Å²) in [5.41, 5.74) is 3.64. The molecule has 1 aliphatic rings. The summed E-state index contributed by atoms with van der Waals surface area (Å²) < 4.78 is 79.7. The number of carbonyl (C=O) groups is 1. The van der Waals surface area contributed by atoms with Crippen LogP contribution in [0.1, 0.15) is 36.6 Å². The highest BCUT2D eigenvalue weighted by Crippen LogP contribution is 2.30. The molecular weight excluding hydrogens is 404 g/mol. The van der Waals surface area contributed by atoms with Gasteiger partial charge in [0.2, 0.25) is 5.91 Å². The lowest BCUT2D eigenvalue weighted by atomic mass is 10.0. The number of carbonyl (C=O) groups excluding carboxylic acids is 1. The van der Waals surface area contributed by atoms with Crippen molar-refractivity contribution in [2.75, 3.05) is 6.54 Å². The lowest BCUT2D eigenvalue weighted by Crippen LogP contribution is -2.63. The minimum absolute atomic E-state index is 0.0178. The van der Waals surface area contributed by atoms with E-state index in [4.69, 9.17) is 0 Å². The lowest BCUT2D eigenvalue weighted by molar-refractivity contribution is -0.418. The van der Waals surface area contributed by atoms with Gasteiger partial charge in [0.1, 0.15) is 11.6 Å². The molecular formula is C17H18F6N5O+. The van der Waals surface area contributed by atoms with Crippen molar-refractivity contribution in [2.24, 2.45) is 0 Å². The smallest absolute Gasteiger partial charge is 0.354 e. The number of benzene rings is 1. The second-order valence-corrected chi connectivity index (χ2v) is 6.91. The molecule has 2 heterocycles. The van der Waals surface area contributed by atoms with Crippen LogP contribution in [0.15, 0.2) is 12.1 Å². The number of halogens is 6. The third kappa shape index (κ3) is 4.36. The second-order valence-electron chi connectivity index (χ2n) is 6.91. The summed E-state index contributed by atoms with van der Waals surface area (Å²) in [5.74, 6) is -5.12. The van der Waals surface area contributed by atoms with Gasteiger partial charge in [-0.25, -0.2) is 22.8 Å². The number of aromatic nitrogens is 3. The fourth-order valence-electron chi connectivity index (χ4n) is 3.29. The molecule has 1 amide bonds. The van der Waals surface area contributed by atoms with Crippen LogP contribution >= 0.6 is 0 Å². The van der Waals surface area contributed by atoms with Crippen molar-refractivity contribution >= 4 is 5.91 Å². The van der Waals surface area contributed by atoms with E-state index in [0.29, 0.717) is 6.07 Å². The van der Waals surface area contributed by atoms with Crippen LogP contribution < -0.4 is 5.73 Å². The third-order valence-corrected chi connectivity index (χ3v) is 4.73. The molecule has 0 aliphatic carbocycles. The van der Waals surface area contributed by atoms with Gasteiger partial charge in [-0.05, 0) is 18.6 Å². The summed E-state index contributed by atoms with van der Waals surface area (Å²) in [4.78, 5) is 17.5. The van der Waals surface area contributed by atoms with E-state index in [-0.39, 0.29) is 37.3 Å². The molecule has 158 valence electrons. The van der Waals surface area contributed by atoms with Gasteiger partial charge >= 0.3 is 6.18 Å². The van der Waals surface area contributed by atoms with Crippen LogP contribution in [0.4, 0.5) is 26.3 Å². The molecule has 2 atom stereocenters. The molecule has 3 N–H and O–H groups in total. The first-order chi connectivity index (χ1) is 13.5. The first-order valence-corrected chi connectivity index (χ1v) is 8.75. The van der Waals surface area contributed by atoms with Crippen LogP contribution in [-0.2, 0) is 23.9 Å². The zero-order valence-electron chi connectivity index (χ0n) is 15.3. The van der Waals surface area contributed by atoms with E-state index < -0.39 is 47.4 Å². The fourth-order valence-corrected chi connectivity index (χ4v) is 3.29. The van der Waals surface area contributed by atoms with Crippen molar-refractivity contribution in [3.05, 3.63) is 46.8 Å². The standard InChI is InChI=1S/C17H17F6N5O/c1-8-15-25-16(17(21,22)23)26-28(15)3-2-27(8)14(29)6-10(24)4-9-5-12(19)13(20)7-11(9)18/h5,7-8,10H,2-4,6,24H2,1H3/p+1/t8-,10-/m1/s1. The predicted octanol–water partition coefficient (Wildman–Crippen LogP) is 1.86. The van der Waals surface area contributed by atoms with E-state index in [2.05, 4.69) is 15.8 Å². The van der Waals surface area contributed by atoms with E-state index in [0.717, 1.165) is 10.7 Å². The first kappa shape index (κ1) is 21.1. The summed E-state index contributed by atoms with van der Waals surface area (Å²) >= 11 is 0. The molecule has 0 radical (unpaired) electrons. The van der Waals surface area contributed by atoms with Crippen LogP contribution in [0.5, 0.6) is 0 Å². The van der Waals surface area contributed by atoms with Crippen molar-refractivity contribution in [1.29, 1.82) is 0 Å². The van der Waals surface area contributed by atoms with Crippen LogP contribution in [0.25, 0.3) is 0 Å². The van der Waals surface area contributed by atoms with Gasteiger partial charge in [0.05, 0.1) is 25.0 Å². The maximum atomic E-state index is 13.8. The van der Waals surface area contributed by atoms with Crippen molar-refractivity contribution in [2.45, 2.75) is 44.6 Å². The van der Waals surface area contributed by atoms with Gasteiger partial charge < -0.3 is 10.6 Å². The highest BCUT2D eigenvalue weighted by Gasteiger charge is 2.40. The molecule has 29 heavy (non-hydrogen) atoms. The van der Waals surface area contributed by atoms with E-state index in [1.807, 2.05) is 0 Å². The Kier molecular flexibility index (Phi) is 5.57. The zero-order valence-corrected chi connectivity index (χ0v) is 15.3. The Labute approximate surface area is 161 Å². The van der Waals surface area contributed by atoms with Gasteiger partial charge in [0.15, 0.2) is 11.6 Å².